The van der Waals surface area contributed by atoms with Crippen molar-refractivity contribution in [2.75, 3.05) is 45.9 Å². The van der Waals surface area contributed by atoms with Crippen molar-refractivity contribution in [1.82, 2.24) is 9.80 Å². The second kappa shape index (κ2) is 7.22. The molecule has 0 spiro atoms. The molecule has 1 unspecified atom stereocenters. The summed E-state index contributed by atoms with van der Waals surface area (Å²) in [7, 11) is 0. The molecule has 0 aliphatic carbocycles. The van der Waals surface area contributed by atoms with Crippen molar-refractivity contribution in [3.63, 3.8) is 0 Å². The number of hydrogen-bond donors (Lipinski definition) is 1. The third kappa shape index (κ3) is 4.44. The van der Waals surface area contributed by atoms with Crippen LogP contribution in [0.4, 0.5) is 0 Å². The number of rotatable bonds is 4. The molecule has 110 valence electrons. The van der Waals surface area contributed by atoms with Gasteiger partial charge in [0.2, 0.25) is 5.91 Å². The zero-order chi connectivity index (χ0) is 13.7. The average molecular weight is 269 g/mol. The van der Waals surface area contributed by atoms with Crippen LogP contribution >= 0.6 is 0 Å². The van der Waals surface area contributed by atoms with E-state index in [-0.39, 0.29) is 12.0 Å². The van der Waals surface area contributed by atoms with Crippen LogP contribution in [0.2, 0.25) is 0 Å². The molecule has 2 rings (SSSR count). The Morgan fingerprint density at radius 2 is 2.05 bits per heavy atom. The number of carbonyl (C=O) groups excluding carboxylic acids is 1. The van der Waals surface area contributed by atoms with E-state index >= 15 is 0 Å². The number of piperidine rings is 1. The van der Waals surface area contributed by atoms with Crippen LogP contribution in [0, 0.1) is 5.92 Å². The van der Waals surface area contributed by atoms with Gasteiger partial charge < -0.3 is 15.4 Å². The van der Waals surface area contributed by atoms with E-state index in [1.807, 2.05) is 11.8 Å². The second-order valence-corrected chi connectivity index (χ2v) is 5.82. The van der Waals surface area contributed by atoms with Crippen LogP contribution in [0.1, 0.15) is 26.2 Å². The molecule has 2 N–H and O–H groups in total. The largest absolute Gasteiger partial charge is 0.375 e. The maximum absolute atomic E-state index is 12.2. The van der Waals surface area contributed by atoms with E-state index < -0.39 is 0 Å². The van der Waals surface area contributed by atoms with Crippen molar-refractivity contribution >= 4 is 5.91 Å². The maximum Gasteiger partial charge on any atom is 0.236 e. The quantitative estimate of drug-likeness (QED) is 0.797. The topological polar surface area (TPSA) is 58.8 Å². The van der Waals surface area contributed by atoms with Crippen molar-refractivity contribution in [3.05, 3.63) is 0 Å². The van der Waals surface area contributed by atoms with E-state index in [2.05, 4.69) is 4.90 Å². The summed E-state index contributed by atoms with van der Waals surface area (Å²) in [6.45, 7) is 7.61. The van der Waals surface area contributed by atoms with Gasteiger partial charge in [0.15, 0.2) is 0 Å². The summed E-state index contributed by atoms with van der Waals surface area (Å²) in [5.41, 5.74) is 5.60. The van der Waals surface area contributed by atoms with Crippen LogP contribution < -0.4 is 5.73 Å². The normalized spacial score (nSPS) is 26.6. The van der Waals surface area contributed by atoms with Crippen LogP contribution in [0.5, 0.6) is 0 Å². The molecule has 0 aromatic rings. The number of hydrogen-bond acceptors (Lipinski definition) is 4. The first-order chi connectivity index (χ1) is 9.19. The number of morpholine rings is 1. The van der Waals surface area contributed by atoms with Crippen LogP contribution in [-0.2, 0) is 9.53 Å². The summed E-state index contributed by atoms with van der Waals surface area (Å²) < 4.78 is 5.47. The fourth-order valence-corrected chi connectivity index (χ4v) is 3.01. The summed E-state index contributed by atoms with van der Waals surface area (Å²) in [4.78, 5) is 16.5. The van der Waals surface area contributed by atoms with Gasteiger partial charge in [0, 0.05) is 13.1 Å². The average Bonchev–Trinajstić information content (AvgIpc) is 2.41. The standard InChI is InChI=1S/C14H27N3O2/c1-12-10-17(8-9-19-12)14(18)11-16-6-3-13(2-5-15)4-7-16/h12-13H,2-11,15H2,1H3. The van der Waals surface area contributed by atoms with Gasteiger partial charge in [0.1, 0.15) is 0 Å². The molecule has 2 fully saturated rings. The SMILES string of the molecule is CC1CN(C(=O)CN2CCC(CCN)CC2)CCO1. The first-order valence-electron chi connectivity index (χ1n) is 7.51. The molecule has 1 atom stereocenters. The molecule has 2 saturated heterocycles. The minimum Gasteiger partial charge on any atom is -0.375 e. The van der Waals surface area contributed by atoms with Crippen LogP contribution in [-0.4, -0.2) is 67.7 Å². The van der Waals surface area contributed by atoms with Gasteiger partial charge in [0.05, 0.1) is 19.3 Å². The fourth-order valence-electron chi connectivity index (χ4n) is 3.01. The van der Waals surface area contributed by atoms with Gasteiger partial charge in [0.25, 0.3) is 0 Å². The van der Waals surface area contributed by atoms with Crippen molar-refractivity contribution in [2.24, 2.45) is 11.7 Å². The fraction of sp³-hybridized carbons (Fsp3) is 0.929. The molecule has 2 aliphatic heterocycles. The van der Waals surface area contributed by atoms with E-state index in [1.165, 1.54) is 12.8 Å². The number of amides is 1. The van der Waals surface area contributed by atoms with Crippen LogP contribution in [0.25, 0.3) is 0 Å². The lowest BCUT2D eigenvalue weighted by atomic mass is 9.94. The smallest absolute Gasteiger partial charge is 0.236 e. The van der Waals surface area contributed by atoms with Crippen LogP contribution in [0.15, 0.2) is 0 Å². The second-order valence-electron chi connectivity index (χ2n) is 5.82. The Morgan fingerprint density at radius 3 is 2.68 bits per heavy atom. The number of likely N-dealkylation sites (tertiary alicyclic amines) is 1. The van der Waals surface area contributed by atoms with Crippen molar-refractivity contribution in [2.45, 2.75) is 32.3 Å². The highest BCUT2D eigenvalue weighted by atomic mass is 16.5. The van der Waals surface area contributed by atoms with E-state index in [4.69, 9.17) is 10.5 Å². The highest BCUT2D eigenvalue weighted by Crippen LogP contribution is 2.19. The molecule has 0 saturated carbocycles. The summed E-state index contributed by atoms with van der Waals surface area (Å²) in [5, 5.41) is 0. The summed E-state index contributed by atoms with van der Waals surface area (Å²) >= 11 is 0. The summed E-state index contributed by atoms with van der Waals surface area (Å²) in [6.07, 6.45) is 3.67. The Hall–Kier alpha value is -0.650. The number of ether oxygens (including phenoxy) is 1. The minimum atomic E-state index is 0.174. The van der Waals surface area contributed by atoms with E-state index in [9.17, 15) is 4.79 Å². The monoisotopic (exact) mass is 269 g/mol. The Kier molecular flexibility index (Phi) is 5.60. The van der Waals surface area contributed by atoms with Gasteiger partial charge in [-0.25, -0.2) is 0 Å². The minimum absolute atomic E-state index is 0.174. The maximum atomic E-state index is 12.2. The molecule has 2 heterocycles. The molecule has 0 aromatic carbocycles. The van der Waals surface area contributed by atoms with Crippen molar-refractivity contribution < 1.29 is 9.53 Å². The lowest BCUT2D eigenvalue weighted by molar-refractivity contribution is -0.139. The lowest BCUT2D eigenvalue weighted by Gasteiger charge is -2.35. The predicted molar refractivity (Wildman–Crippen MR) is 74.8 cm³/mol. The lowest BCUT2D eigenvalue weighted by Crippen LogP contribution is -2.49. The Morgan fingerprint density at radius 1 is 1.32 bits per heavy atom. The number of nitrogens with zero attached hydrogens (tertiary/aromatic N) is 2. The zero-order valence-corrected chi connectivity index (χ0v) is 12.0. The molecule has 0 radical (unpaired) electrons. The van der Waals surface area contributed by atoms with Crippen LogP contribution in [0.3, 0.4) is 0 Å². The molecule has 0 bridgehead atoms. The van der Waals surface area contributed by atoms with Gasteiger partial charge in [-0.1, -0.05) is 0 Å². The van der Waals surface area contributed by atoms with Gasteiger partial charge in [-0.15, -0.1) is 0 Å². The number of nitrogens with two attached hydrogens (primary N) is 1. The Balaban J connectivity index is 1.71. The first-order valence-corrected chi connectivity index (χ1v) is 7.51. The van der Waals surface area contributed by atoms with Gasteiger partial charge >= 0.3 is 0 Å². The molecule has 19 heavy (non-hydrogen) atoms. The van der Waals surface area contributed by atoms with E-state index in [1.54, 1.807) is 0 Å². The Labute approximate surface area is 116 Å². The van der Waals surface area contributed by atoms with Crippen molar-refractivity contribution in [1.29, 1.82) is 0 Å². The third-order valence-corrected chi connectivity index (χ3v) is 4.23. The highest BCUT2D eigenvalue weighted by Gasteiger charge is 2.25. The van der Waals surface area contributed by atoms with Gasteiger partial charge in [-0.3, -0.25) is 9.69 Å². The molecule has 0 aromatic heterocycles. The van der Waals surface area contributed by atoms with E-state index in [0.29, 0.717) is 13.2 Å². The zero-order valence-electron chi connectivity index (χ0n) is 12.0. The predicted octanol–water partition coefficient (Wildman–Crippen LogP) is 0.295. The third-order valence-electron chi connectivity index (χ3n) is 4.23. The Bertz CT molecular complexity index is 290. The molecular formula is C14H27N3O2. The molecule has 5 nitrogen and oxygen atoms in total. The van der Waals surface area contributed by atoms with Gasteiger partial charge in [-0.05, 0) is 51.7 Å². The van der Waals surface area contributed by atoms with Crippen molar-refractivity contribution in [3.8, 4) is 0 Å². The first kappa shape index (κ1) is 14.8. The number of carbonyl (C=O) groups is 1. The summed E-state index contributed by atoms with van der Waals surface area (Å²) in [5.74, 6) is 1.02. The molecule has 5 heteroatoms. The molecular weight excluding hydrogens is 242 g/mol. The highest BCUT2D eigenvalue weighted by molar-refractivity contribution is 5.78. The van der Waals surface area contributed by atoms with E-state index in [0.717, 1.165) is 45.1 Å². The summed E-state index contributed by atoms with van der Waals surface area (Å²) in [6, 6.07) is 0. The molecule has 1 amide bonds. The molecule has 2 aliphatic rings. The van der Waals surface area contributed by atoms with Gasteiger partial charge in [-0.2, -0.15) is 0 Å².